The molecule has 3 rings (SSSR count). The van der Waals surface area contributed by atoms with Crippen LogP contribution in [0.5, 0.6) is 0 Å². The zero-order valence-corrected chi connectivity index (χ0v) is 11.9. The first-order chi connectivity index (χ1) is 9.87. The molecule has 0 nitrogen and oxygen atoms in total. The van der Waals surface area contributed by atoms with Gasteiger partial charge in [-0.3, -0.25) is 0 Å². The molecule has 2 aromatic carbocycles. The van der Waals surface area contributed by atoms with Crippen molar-refractivity contribution in [3.8, 4) is 0 Å². The molecule has 1 aliphatic rings. The molecule has 0 radical (unpaired) electrons. The second kappa shape index (κ2) is 5.50. The van der Waals surface area contributed by atoms with Crippen LogP contribution < -0.4 is 0 Å². The van der Waals surface area contributed by atoms with Crippen LogP contribution in [0.2, 0.25) is 0 Å². The molecule has 0 fully saturated rings. The minimum atomic E-state index is 0.0668. The molecule has 2 aromatic rings. The van der Waals surface area contributed by atoms with Crippen molar-refractivity contribution in [2.75, 3.05) is 0 Å². The van der Waals surface area contributed by atoms with Gasteiger partial charge in [-0.1, -0.05) is 91.9 Å². The summed E-state index contributed by atoms with van der Waals surface area (Å²) in [5.74, 6) is 0.404. The minimum absolute atomic E-state index is 0.0668. The number of allylic oxidation sites excluding steroid dienone is 4. The molecule has 0 amide bonds. The first-order valence-corrected chi connectivity index (χ1v) is 7.33. The Morgan fingerprint density at radius 2 is 1.50 bits per heavy atom. The molecule has 0 saturated carbocycles. The van der Waals surface area contributed by atoms with Gasteiger partial charge in [-0.2, -0.15) is 0 Å². The zero-order valence-electron chi connectivity index (χ0n) is 11.9. The number of rotatable bonds is 3. The largest absolute Gasteiger partial charge is 0.0758 e. The molecule has 2 atom stereocenters. The fraction of sp³-hybridized carbons (Fsp3) is 0.200. The Bertz CT molecular complexity index is 607. The van der Waals surface area contributed by atoms with Crippen LogP contribution in [0, 0.1) is 0 Å². The van der Waals surface area contributed by atoms with Crippen LogP contribution in [0.25, 0.3) is 0 Å². The van der Waals surface area contributed by atoms with E-state index in [1.165, 1.54) is 11.1 Å². The summed E-state index contributed by atoms with van der Waals surface area (Å²) in [5, 5.41) is 0. The quantitative estimate of drug-likeness (QED) is 0.707. The van der Waals surface area contributed by atoms with Gasteiger partial charge in [0, 0.05) is 11.3 Å². The van der Waals surface area contributed by atoms with Gasteiger partial charge in [-0.15, -0.1) is 0 Å². The van der Waals surface area contributed by atoms with E-state index in [9.17, 15) is 0 Å². The second-order valence-corrected chi connectivity index (χ2v) is 5.39. The highest BCUT2D eigenvalue weighted by Crippen LogP contribution is 2.45. The van der Waals surface area contributed by atoms with Gasteiger partial charge in [0.1, 0.15) is 0 Å². The first-order valence-electron chi connectivity index (χ1n) is 7.33. The third-order valence-corrected chi connectivity index (χ3v) is 4.42. The molecule has 100 valence electrons. The van der Waals surface area contributed by atoms with E-state index in [4.69, 9.17) is 0 Å². The smallest absolute Gasteiger partial charge is 0.0236 e. The fourth-order valence-electron chi connectivity index (χ4n) is 3.31. The van der Waals surface area contributed by atoms with E-state index in [0.29, 0.717) is 5.92 Å². The molecule has 0 spiro atoms. The van der Waals surface area contributed by atoms with Gasteiger partial charge in [0.15, 0.2) is 0 Å². The topological polar surface area (TPSA) is 0 Å². The van der Waals surface area contributed by atoms with E-state index in [0.717, 1.165) is 6.42 Å². The van der Waals surface area contributed by atoms with E-state index in [1.54, 1.807) is 0 Å². The van der Waals surface area contributed by atoms with Crippen molar-refractivity contribution < 1.29 is 0 Å². The van der Waals surface area contributed by atoms with Gasteiger partial charge in [0.25, 0.3) is 0 Å². The third kappa shape index (κ3) is 2.12. The van der Waals surface area contributed by atoms with Crippen LogP contribution in [0.15, 0.2) is 85.0 Å². The Hall–Kier alpha value is -2.08. The van der Waals surface area contributed by atoms with Gasteiger partial charge < -0.3 is 0 Å². The van der Waals surface area contributed by atoms with Crippen LogP contribution >= 0.6 is 0 Å². The summed E-state index contributed by atoms with van der Waals surface area (Å²) >= 11 is 0. The summed E-state index contributed by atoms with van der Waals surface area (Å²) in [6.07, 6.45) is 10.2. The lowest BCUT2D eigenvalue weighted by molar-refractivity contribution is 0.459. The second-order valence-electron chi connectivity index (χ2n) is 5.39. The van der Waals surface area contributed by atoms with Crippen LogP contribution in [0.4, 0.5) is 0 Å². The maximum atomic E-state index is 2.38. The average Bonchev–Trinajstić information content (AvgIpc) is 2.56. The normalized spacial score (nSPS) is 24.8. The lowest BCUT2D eigenvalue weighted by Crippen LogP contribution is -2.31. The van der Waals surface area contributed by atoms with Crippen LogP contribution in [-0.4, -0.2) is 0 Å². The van der Waals surface area contributed by atoms with E-state index >= 15 is 0 Å². The van der Waals surface area contributed by atoms with Crippen molar-refractivity contribution in [2.24, 2.45) is 0 Å². The molecular weight excluding hydrogens is 240 g/mol. The molecule has 0 aromatic heterocycles. The van der Waals surface area contributed by atoms with Gasteiger partial charge in [0.05, 0.1) is 0 Å². The lowest BCUT2D eigenvalue weighted by atomic mass is 9.64. The molecule has 0 saturated heterocycles. The zero-order chi connectivity index (χ0) is 13.8. The minimum Gasteiger partial charge on any atom is -0.0758 e. The van der Waals surface area contributed by atoms with Crippen molar-refractivity contribution in [1.82, 2.24) is 0 Å². The number of benzene rings is 2. The molecule has 1 aliphatic carbocycles. The maximum absolute atomic E-state index is 2.38. The highest BCUT2D eigenvalue weighted by molar-refractivity contribution is 5.44. The van der Waals surface area contributed by atoms with Crippen LogP contribution in [0.1, 0.15) is 30.4 Å². The van der Waals surface area contributed by atoms with Gasteiger partial charge in [-0.25, -0.2) is 0 Å². The fourth-order valence-corrected chi connectivity index (χ4v) is 3.31. The molecule has 0 heteroatoms. The van der Waals surface area contributed by atoms with E-state index < -0.39 is 0 Å². The summed E-state index contributed by atoms with van der Waals surface area (Å²) in [6, 6.07) is 21.7. The highest BCUT2D eigenvalue weighted by atomic mass is 14.4. The third-order valence-electron chi connectivity index (χ3n) is 4.42. The van der Waals surface area contributed by atoms with Gasteiger partial charge in [-0.05, 0) is 17.5 Å². The summed E-state index contributed by atoms with van der Waals surface area (Å²) < 4.78 is 0. The molecule has 0 heterocycles. The van der Waals surface area contributed by atoms with Crippen molar-refractivity contribution >= 4 is 0 Å². The maximum Gasteiger partial charge on any atom is 0.0236 e. The Balaban J connectivity index is 2.12. The SMILES string of the molecule is CCC1(c2ccccc2)C=CC=CC1c1ccccc1. The molecule has 0 bridgehead atoms. The van der Waals surface area contributed by atoms with Gasteiger partial charge >= 0.3 is 0 Å². The Labute approximate surface area is 121 Å². The van der Waals surface area contributed by atoms with Gasteiger partial charge in [0.2, 0.25) is 0 Å². The predicted molar refractivity (Wildman–Crippen MR) is 85.9 cm³/mol. The molecule has 0 N–H and O–H groups in total. The monoisotopic (exact) mass is 260 g/mol. The Morgan fingerprint density at radius 1 is 0.850 bits per heavy atom. The predicted octanol–water partition coefficient (Wildman–Crippen LogP) is 5.24. The van der Waals surface area contributed by atoms with Crippen molar-refractivity contribution in [2.45, 2.75) is 24.7 Å². The summed E-state index contributed by atoms with van der Waals surface area (Å²) in [5.41, 5.74) is 2.85. The molecule has 2 unspecified atom stereocenters. The van der Waals surface area contributed by atoms with E-state index in [2.05, 4.69) is 91.9 Å². The summed E-state index contributed by atoms with van der Waals surface area (Å²) in [7, 11) is 0. The Kier molecular flexibility index (Phi) is 3.56. The molecular formula is C20H20. The van der Waals surface area contributed by atoms with Crippen molar-refractivity contribution in [3.05, 3.63) is 96.1 Å². The number of hydrogen-bond donors (Lipinski definition) is 0. The molecule has 0 aliphatic heterocycles. The van der Waals surface area contributed by atoms with Crippen LogP contribution in [0.3, 0.4) is 0 Å². The Morgan fingerprint density at radius 3 is 2.15 bits per heavy atom. The first kappa shape index (κ1) is 12.9. The molecule has 20 heavy (non-hydrogen) atoms. The van der Waals surface area contributed by atoms with E-state index in [1.807, 2.05) is 0 Å². The van der Waals surface area contributed by atoms with Crippen molar-refractivity contribution in [1.29, 1.82) is 0 Å². The average molecular weight is 260 g/mol. The lowest BCUT2D eigenvalue weighted by Gasteiger charge is -2.39. The highest BCUT2D eigenvalue weighted by Gasteiger charge is 2.36. The summed E-state index contributed by atoms with van der Waals surface area (Å²) in [6.45, 7) is 2.28. The number of hydrogen-bond acceptors (Lipinski definition) is 0. The summed E-state index contributed by atoms with van der Waals surface area (Å²) in [4.78, 5) is 0. The van der Waals surface area contributed by atoms with E-state index in [-0.39, 0.29) is 5.41 Å². The standard InChI is InChI=1S/C20H20/c1-2-20(18-13-7-4-8-14-18)16-10-9-15-19(20)17-11-5-3-6-12-17/h3-16,19H,2H2,1H3. The van der Waals surface area contributed by atoms with Crippen LogP contribution in [-0.2, 0) is 5.41 Å². The van der Waals surface area contributed by atoms with Crippen molar-refractivity contribution in [3.63, 3.8) is 0 Å².